The largest absolute Gasteiger partial charge is 0.350 e. The number of hydrogen-bond acceptors (Lipinski definition) is 2. The van der Waals surface area contributed by atoms with E-state index in [2.05, 4.69) is 10.5 Å². The standard InChI is InChI=1S/C10H13N3O/c11-10(14)13-12-6-2-4-3-1-5-7(4)9(5)8(3)6/h3-5,7-9H,1-2H2,(H3,11,13,14). The lowest BCUT2D eigenvalue weighted by molar-refractivity contribution is 0.249. The number of amides is 2. The molecule has 0 aromatic heterocycles. The van der Waals surface area contributed by atoms with E-state index in [1.54, 1.807) is 0 Å². The van der Waals surface area contributed by atoms with E-state index in [4.69, 9.17) is 5.73 Å². The van der Waals surface area contributed by atoms with Crippen LogP contribution in [0.1, 0.15) is 12.8 Å². The van der Waals surface area contributed by atoms with Crippen LogP contribution in [-0.2, 0) is 0 Å². The lowest BCUT2D eigenvalue weighted by Gasteiger charge is -2.10. The number of primary amides is 1. The summed E-state index contributed by atoms with van der Waals surface area (Å²) in [6.07, 6.45) is 2.55. The average Bonchev–Trinajstić information content (AvgIpc) is 2.57. The van der Waals surface area contributed by atoms with E-state index < -0.39 is 6.03 Å². The van der Waals surface area contributed by atoms with Crippen molar-refractivity contribution in [2.24, 2.45) is 46.3 Å². The molecule has 0 spiro atoms. The van der Waals surface area contributed by atoms with E-state index in [0.29, 0.717) is 5.92 Å². The third kappa shape index (κ3) is 0.615. The number of nitrogens with one attached hydrogen (secondary N) is 1. The molecular formula is C10H13N3O. The lowest BCUT2D eigenvalue weighted by Crippen LogP contribution is -2.27. The molecule has 14 heavy (non-hydrogen) atoms. The number of urea groups is 1. The van der Waals surface area contributed by atoms with Gasteiger partial charge in [0, 0.05) is 11.6 Å². The van der Waals surface area contributed by atoms with Crippen LogP contribution < -0.4 is 11.2 Å². The van der Waals surface area contributed by atoms with Gasteiger partial charge in [-0.2, -0.15) is 5.10 Å². The SMILES string of the molecule is NC(=O)NN=C1CC2C3CC4C2C4C13. The smallest absolute Gasteiger partial charge is 0.332 e. The Morgan fingerprint density at radius 1 is 1.36 bits per heavy atom. The van der Waals surface area contributed by atoms with Gasteiger partial charge in [-0.05, 0) is 42.4 Å². The Kier molecular flexibility index (Phi) is 1.02. The highest BCUT2D eigenvalue weighted by atomic mass is 16.2. The van der Waals surface area contributed by atoms with Crippen LogP contribution >= 0.6 is 0 Å². The van der Waals surface area contributed by atoms with E-state index in [9.17, 15) is 4.79 Å². The van der Waals surface area contributed by atoms with Gasteiger partial charge in [0.25, 0.3) is 0 Å². The maximum Gasteiger partial charge on any atom is 0.332 e. The van der Waals surface area contributed by atoms with Gasteiger partial charge in [0.1, 0.15) is 0 Å². The summed E-state index contributed by atoms with van der Waals surface area (Å²) >= 11 is 0. The van der Waals surface area contributed by atoms with E-state index in [-0.39, 0.29) is 0 Å². The van der Waals surface area contributed by atoms with Crippen molar-refractivity contribution in [2.45, 2.75) is 12.8 Å². The summed E-state index contributed by atoms with van der Waals surface area (Å²) in [5.74, 6) is 5.52. The normalized spacial score (nSPS) is 58.1. The van der Waals surface area contributed by atoms with E-state index >= 15 is 0 Å². The first-order chi connectivity index (χ1) is 6.77. The Morgan fingerprint density at radius 2 is 2.21 bits per heavy atom. The second-order valence-electron chi connectivity index (χ2n) is 5.19. The molecular weight excluding hydrogens is 178 g/mol. The molecule has 4 heteroatoms. The highest BCUT2D eigenvalue weighted by Gasteiger charge is 2.77. The molecule has 6 atom stereocenters. The maximum atomic E-state index is 10.6. The fraction of sp³-hybridized carbons (Fsp3) is 0.800. The van der Waals surface area contributed by atoms with Crippen molar-refractivity contribution in [3.63, 3.8) is 0 Å². The lowest BCUT2D eigenvalue weighted by atomic mass is 9.98. The van der Waals surface area contributed by atoms with Gasteiger partial charge in [0.15, 0.2) is 0 Å². The molecule has 5 aliphatic carbocycles. The molecule has 74 valence electrons. The monoisotopic (exact) mass is 191 g/mol. The van der Waals surface area contributed by atoms with Crippen LogP contribution in [0.2, 0.25) is 0 Å². The van der Waals surface area contributed by atoms with E-state index in [1.165, 1.54) is 12.1 Å². The summed E-state index contributed by atoms with van der Waals surface area (Å²) in [6.45, 7) is 0. The minimum atomic E-state index is -0.542. The van der Waals surface area contributed by atoms with Gasteiger partial charge in [-0.25, -0.2) is 10.2 Å². The van der Waals surface area contributed by atoms with Gasteiger partial charge in [-0.3, -0.25) is 0 Å². The fourth-order valence-corrected chi connectivity index (χ4v) is 4.71. The van der Waals surface area contributed by atoms with Crippen LogP contribution in [0.3, 0.4) is 0 Å². The third-order valence-corrected chi connectivity index (χ3v) is 4.90. The van der Waals surface area contributed by atoms with Crippen LogP contribution in [0, 0.1) is 35.5 Å². The Labute approximate surface area is 81.9 Å². The molecule has 0 radical (unpaired) electrons. The minimum Gasteiger partial charge on any atom is -0.350 e. The summed E-state index contributed by atoms with van der Waals surface area (Å²) in [5.41, 5.74) is 8.60. The topological polar surface area (TPSA) is 67.5 Å². The Bertz CT molecular complexity index is 364. The van der Waals surface area contributed by atoms with E-state index in [0.717, 1.165) is 36.0 Å². The molecule has 6 unspecified atom stereocenters. The van der Waals surface area contributed by atoms with Crippen LogP contribution in [0.4, 0.5) is 4.79 Å². The van der Waals surface area contributed by atoms with Crippen molar-refractivity contribution in [1.29, 1.82) is 0 Å². The zero-order valence-electron chi connectivity index (χ0n) is 7.81. The number of nitrogens with two attached hydrogens (primary N) is 1. The van der Waals surface area contributed by atoms with Gasteiger partial charge in [-0.15, -0.1) is 0 Å². The number of carbonyl (C=O) groups is 1. The highest BCUT2D eigenvalue weighted by molar-refractivity contribution is 5.93. The van der Waals surface area contributed by atoms with Crippen molar-refractivity contribution in [2.75, 3.05) is 0 Å². The summed E-state index contributed by atoms with van der Waals surface area (Å²) in [4.78, 5) is 10.6. The van der Waals surface area contributed by atoms with Crippen LogP contribution in [0.25, 0.3) is 0 Å². The van der Waals surface area contributed by atoms with E-state index in [1.807, 2.05) is 0 Å². The third-order valence-electron chi connectivity index (χ3n) is 4.90. The molecule has 5 aliphatic rings. The summed E-state index contributed by atoms with van der Waals surface area (Å²) < 4.78 is 0. The predicted molar refractivity (Wildman–Crippen MR) is 50.3 cm³/mol. The molecule has 0 aliphatic heterocycles. The van der Waals surface area contributed by atoms with Gasteiger partial charge in [0.2, 0.25) is 0 Å². The quantitative estimate of drug-likeness (QED) is 0.584. The predicted octanol–water partition coefficient (Wildman–Crippen LogP) is 0.542. The number of hydrogen-bond donors (Lipinski definition) is 2. The summed E-state index contributed by atoms with van der Waals surface area (Å²) in [6, 6.07) is -0.542. The summed E-state index contributed by atoms with van der Waals surface area (Å²) in [5, 5.41) is 4.15. The molecule has 5 fully saturated rings. The first-order valence-corrected chi connectivity index (χ1v) is 5.39. The Morgan fingerprint density at radius 3 is 2.79 bits per heavy atom. The number of nitrogens with zero attached hydrogens (tertiary/aromatic N) is 1. The molecule has 3 N–H and O–H groups in total. The minimum absolute atomic E-state index is 0.542. The van der Waals surface area contributed by atoms with Crippen molar-refractivity contribution in [1.82, 2.24) is 5.43 Å². The molecule has 0 aromatic rings. The zero-order valence-corrected chi connectivity index (χ0v) is 7.81. The van der Waals surface area contributed by atoms with Crippen LogP contribution in [0.15, 0.2) is 5.10 Å². The molecule has 0 saturated heterocycles. The van der Waals surface area contributed by atoms with Gasteiger partial charge in [-0.1, -0.05) is 0 Å². The van der Waals surface area contributed by atoms with Gasteiger partial charge >= 0.3 is 6.03 Å². The first kappa shape index (κ1) is 7.26. The van der Waals surface area contributed by atoms with Gasteiger partial charge < -0.3 is 5.73 Å². The highest BCUT2D eigenvalue weighted by Crippen LogP contribution is 2.80. The molecule has 6 bridgehead atoms. The Hall–Kier alpha value is -1.06. The average molecular weight is 191 g/mol. The Balaban J connectivity index is 1.62. The summed E-state index contributed by atoms with van der Waals surface area (Å²) in [7, 11) is 0. The molecule has 4 nitrogen and oxygen atoms in total. The molecule has 5 rings (SSSR count). The van der Waals surface area contributed by atoms with Crippen molar-refractivity contribution >= 4 is 11.7 Å². The fourth-order valence-electron chi connectivity index (χ4n) is 4.71. The van der Waals surface area contributed by atoms with Crippen LogP contribution in [0.5, 0.6) is 0 Å². The first-order valence-electron chi connectivity index (χ1n) is 5.39. The van der Waals surface area contributed by atoms with Crippen molar-refractivity contribution in [3.05, 3.63) is 0 Å². The molecule has 5 saturated carbocycles. The zero-order chi connectivity index (χ0) is 9.45. The second kappa shape index (κ2) is 1.97. The van der Waals surface area contributed by atoms with Gasteiger partial charge in [0.05, 0.1) is 0 Å². The van der Waals surface area contributed by atoms with Crippen molar-refractivity contribution in [3.8, 4) is 0 Å². The number of carbonyl (C=O) groups excluding carboxylic acids is 1. The molecule has 0 aromatic carbocycles. The molecule has 0 heterocycles. The van der Waals surface area contributed by atoms with Crippen molar-refractivity contribution < 1.29 is 4.79 Å². The van der Waals surface area contributed by atoms with Crippen LogP contribution in [-0.4, -0.2) is 11.7 Å². The maximum absolute atomic E-state index is 10.6. The molecule has 2 amide bonds. The second-order valence-corrected chi connectivity index (χ2v) is 5.19. The number of rotatable bonds is 1. The number of hydrazone groups is 1.